The standard InChI is InChI=1S/C12H18N2O4/c1-12(2,8-17-3)13-9-6-5-7-10(18-4)11(9)14(15)16/h5-7,13H,8H2,1-4H3. The summed E-state index contributed by atoms with van der Waals surface area (Å²) in [4.78, 5) is 10.6. The predicted molar refractivity (Wildman–Crippen MR) is 69.2 cm³/mol. The molecule has 100 valence electrons. The number of nitrogens with zero attached hydrogens (tertiary/aromatic N) is 1. The number of ether oxygens (including phenoxy) is 2. The Morgan fingerprint density at radius 2 is 2.06 bits per heavy atom. The van der Waals surface area contributed by atoms with Crippen molar-refractivity contribution in [2.75, 3.05) is 26.1 Å². The van der Waals surface area contributed by atoms with Crippen LogP contribution in [-0.4, -0.2) is 31.3 Å². The minimum absolute atomic E-state index is 0.0656. The molecular weight excluding hydrogens is 236 g/mol. The minimum atomic E-state index is -0.454. The normalized spacial score (nSPS) is 11.1. The number of para-hydroxylation sites is 1. The minimum Gasteiger partial charge on any atom is -0.490 e. The summed E-state index contributed by atoms with van der Waals surface area (Å²) in [5.74, 6) is 0.234. The number of nitrogens with one attached hydrogen (secondary N) is 1. The lowest BCUT2D eigenvalue weighted by molar-refractivity contribution is -0.384. The summed E-state index contributed by atoms with van der Waals surface area (Å²) in [7, 11) is 3.00. The first-order valence-electron chi connectivity index (χ1n) is 5.50. The molecule has 1 N–H and O–H groups in total. The van der Waals surface area contributed by atoms with Crippen LogP contribution in [-0.2, 0) is 4.74 Å². The Hall–Kier alpha value is -1.82. The summed E-state index contributed by atoms with van der Waals surface area (Å²) < 4.78 is 10.1. The molecule has 1 aromatic carbocycles. The van der Waals surface area contributed by atoms with Crippen LogP contribution >= 0.6 is 0 Å². The maximum atomic E-state index is 11.1. The average Bonchev–Trinajstić information content (AvgIpc) is 2.27. The van der Waals surface area contributed by atoms with Crippen LogP contribution < -0.4 is 10.1 Å². The van der Waals surface area contributed by atoms with Gasteiger partial charge in [0.25, 0.3) is 0 Å². The SMILES string of the molecule is COCC(C)(C)Nc1cccc(OC)c1[N+](=O)[O-]. The van der Waals surface area contributed by atoms with E-state index in [1.807, 2.05) is 13.8 Å². The van der Waals surface area contributed by atoms with E-state index < -0.39 is 10.5 Å². The Balaban J connectivity index is 3.12. The molecule has 0 saturated heterocycles. The largest absolute Gasteiger partial charge is 0.490 e. The molecule has 0 bridgehead atoms. The van der Waals surface area contributed by atoms with Crippen LogP contribution in [0.15, 0.2) is 18.2 Å². The van der Waals surface area contributed by atoms with Crippen molar-refractivity contribution in [3.8, 4) is 5.75 Å². The zero-order valence-electron chi connectivity index (χ0n) is 11.0. The van der Waals surface area contributed by atoms with Crippen LogP contribution in [0.3, 0.4) is 0 Å². The van der Waals surface area contributed by atoms with Crippen LogP contribution in [0.4, 0.5) is 11.4 Å². The smallest absolute Gasteiger partial charge is 0.333 e. The van der Waals surface area contributed by atoms with Gasteiger partial charge < -0.3 is 14.8 Å². The highest BCUT2D eigenvalue weighted by molar-refractivity contribution is 5.69. The first kappa shape index (κ1) is 14.2. The van der Waals surface area contributed by atoms with Crippen LogP contribution in [0.25, 0.3) is 0 Å². The number of nitro groups is 1. The van der Waals surface area contributed by atoms with Crippen LogP contribution in [0.1, 0.15) is 13.8 Å². The lowest BCUT2D eigenvalue weighted by atomic mass is 10.1. The van der Waals surface area contributed by atoms with Crippen molar-refractivity contribution in [1.29, 1.82) is 0 Å². The molecule has 0 fully saturated rings. The van der Waals surface area contributed by atoms with Crippen molar-refractivity contribution in [2.24, 2.45) is 0 Å². The second-order valence-electron chi connectivity index (χ2n) is 4.56. The van der Waals surface area contributed by atoms with Gasteiger partial charge in [0.2, 0.25) is 0 Å². The molecule has 0 aromatic heterocycles. The van der Waals surface area contributed by atoms with Gasteiger partial charge in [-0.1, -0.05) is 6.07 Å². The van der Waals surface area contributed by atoms with E-state index in [1.165, 1.54) is 7.11 Å². The third kappa shape index (κ3) is 3.33. The summed E-state index contributed by atoms with van der Waals surface area (Å²) in [5.41, 5.74) is -0.0585. The van der Waals surface area contributed by atoms with Crippen LogP contribution in [0, 0.1) is 10.1 Å². The van der Waals surface area contributed by atoms with Crippen LogP contribution in [0.5, 0.6) is 5.75 Å². The Morgan fingerprint density at radius 3 is 2.56 bits per heavy atom. The fourth-order valence-electron chi connectivity index (χ4n) is 1.74. The fraction of sp³-hybridized carbons (Fsp3) is 0.500. The van der Waals surface area contributed by atoms with Crippen LogP contribution in [0.2, 0.25) is 0 Å². The molecule has 6 heteroatoms. The summed E-state index contributed by atoms with van der Waals surface area (Å²) in [6, 6.07) is 4.92. The molecule has 6 nitrogen and oxygen atoms in total. The van der Waals surface area contributed by atoms with Crippen molar-refractivity contribution >= 4 is 11.4 Å². The molecule has 0 atom stereocenters. The van der Waals surface area contributed by atoms with Crippen molar-refractivity contribution in [1.82, 2.24) is 0 Å². The second kappa shape index (κ2) is 5.68. The maximum Gasteiger partial charge on any atom is 0.333 e. The Bertz CT molecular complexity index is 432. The van der Waals surface area contributed by atoms with E-state index in [0.29, 0.717) is 12.3 Å². The molecule has 18 heavy (non-hydrogen) atoms. The van der Waals surface area contributed by atoms with Gasteiger partial charge in [-0.25, -0.2) is 0 Å². The van der Waals surface area contributed by atoms with E-state index in [4.69, 9.17) is 9.47 Å². The number of hydrogen-bond donors (Lipinski definition) is 1. The van der Waals surface area contributed by atoms with Crippen molar-refractivity contribution in [3.63, 3.8) is 0 Å². The van der Waals surface area contributed by atoms with E-state index in [2.05, 4.69) is 5.32 Å². The highest BCUT2D eigenvalue weighted by Gasteiger charge is 2.25. The van der Waals surface area contributed by atoms with Gasteiger partial charge in [-0.2, -0.15) is 0 Å². The number of benzene rings is 1. The molecule has 0 saturated carbocycles. The van der Waals surface area contributed by atoms with Gasteiger partial charge in [-0.3, -0.25) is 10.1 Å². The average molecular weight is 254 g/mol. The Labute approximate surface area is 106 Å². The summed E-state index contributed by atoms with van der Waals surface area (Å²) in [6.45, 7) is 4.24. The van der Waals surface area contributed by atoms with Gasteiger partial charge in [-0.05, 0) is 26.0 Å². The summed E-state index contributed by atoms with van der Waals surface area (Å²) >= 11 is 0. The zero-order valence-corrected chi connectivity index (χ0v) is 11.0. The van der Waals surface area contributed by atoms with Gasteiger partial charge in [0.05, 0.1) is 24.2 Å². The third-order valence-electron chi connectivity index (χ3n) is 2.38. The monoisotopic (exact) mass is 254 g/mol. The summed E-state index contributed by atoms with van der Waals surface area (Å²) in [5, 5.41) is 14.2. The fourth-order valence-corrected chi connectivity index (χ4v) is 1.74. The number of anilines is 1. The molecule has 1 rings (SSSR count). The quantitative estimate of drug-likeness (QED) is 0.623. The molecule has 0 aliphatic rings. The van der Waals surface area contributed by atoms with Crippen molar-refractivity contribution in [3.05, 3.63) is 28.3 Å². The highest BCUT2D eigenvalue weighted by Crippen LogP contribution is 2.35. The lowest BCUT2D eigenvalue weighted by Crippen LogP contribution is -2.36. The molecule has 0 aliphatic carbocycles. The van der Waals surface area contributed by atoms with Gasteiger partial charge in [0.1, 0.15) is 5.69 Å². The first-order chi connectivity index (χ1) is 8.41. The van der Waals surface area contributed by atoms with E-state index in [-0.39, 0.29) is 11.4 Å². The van der Waals surface area contributed by atoms with Gasteiger partial charge >= 0.3 is 5.69 Å². The van der Waals surface area contributed by atoms with Crippen molar-refractivity contribution < 1.29 is 14.4 Å². The van der Waals surface area contributed by atoms with E-state index in [0.717, 1.165) is 0 Å². The zero-order chi connectivity index (χ0) is 13.8. The van der Waals surface area contributed by atoms with Gasteiger partial charge in [0, 0.05) is 7.11 Å². The van der Waals surface area contributed by atoms with E-state index in [9.17, 15) is 10.1 Å². The third-order valence-corrected chi connectivity index (χ3v) is 2.38. The number of methoxy groups -OCH3 is 2. The van der Waals surface area contributed by atoms with E-state index in [1.54, 1.807) is 25.3 Å². The number of nitro benzene ring substituents is 1. The molecule has 0 spiro atoms. The molecule has 0 aliphatic heterocycles. The Morgan fingerprint density at radius 1 is 1.39 bits per heavy atom. The maximum absolute atomic E-state index is 11.1. The summed E-state index contributed by atoms with van der Waals surface area (Å²) in [6.07, 6.45) is 0. The number of hydrogen-bond acceptors (Lipinski definition) is 5. The molecule has 0 heterocycles. The van der Waals surface area contributed by atoms with Gasteiger partial charge in [-0.15, -0.1) is 0 Å². The second-order valence-corrected chi connectivity index (χ2v) is 4.56. The molecule has 0 radical (unpaired) electrons. The lowest BCUT2D eigenvalue weighted by Gasteiger charge is -2.26. The highest BCUT2D eigenvalue weighted by atomic mass is 16.6. The van der Waals surface area contributed by atoms with Gasteiger partial charge in [0.15, 0.2) is 5.75 Å². The first-order valence-corrected chi connectivity index (χ1v) is 5.50. The predicted octanol–water partition coefficient (Wildman–Crippen LogP) is 2.44. The topological polar surface area (TPSA) is 73.6 Å². The van der Waals surface area contributed by atoms with Crippen molar-refractivity contribution in [2.45, 2.75) is 19.4 Å². The van der Waals surface area contributed by atoms with E-state index >= 15 is 0 Å². The Kier molecular flexibility index (Phi) is 4.49. The molecule has 0 amide bonds. The molecule has 1 aromatic rings. The molecule has 0 unspecified atom stereocenters. The number of rotatable bonds is 6. The molecular formula is C12H18N2O4.